The van der Waals surface area contributed by atoms with E-state index in [1.807, 2.05) is 19.0 Å². The van der Waals surface area contributed by atoms with E-state index >= 15 is 0 Å². The largest absolute Gasteiger partial charge is 0.309 e. The molecule has 0 bridgehead atoms. The molecule has 16 heavy (non-hydrogen) atoms. The van der Waals surface area contributed by atoms with Crippen LogP contribution in [-0.4, -0.2) is 36.3 Å². The van der Waals surface area contributed by atoms with Gasteiger partial charge < -0.3 is 4.90 Å². The molecule has 0 aliphatic rings. The number of alkyl halides is 1. The van der Waals surface area contributed by atoms with Gasteiger partial charge in [0.1, 0.15) is 0 Å². The molecule has 0 spiro atoms. The average Bonchev–Trinajstić information content (AvgIpc) is 2.25. The maximum absolute atomic E-state index is 11.7. The van der Waals surface area contributed by atoms with Crippen molar-refractivity contribution in [2.75, 3.05) is 20.6 Å². The fraction of sp³-hybridized carbons (Fsp3) is 0.833. The molecule has 1 atom stereocenters. The van der Waals surface area contributed by atoms with Crippen LogP contribution < -0.4 is 15.4 Å². The second-order valence-electron chi connectivity index (χ2n) is 3.24. The Labute approximate surface area is 112 Å². The minimum absolute atomic E-state index is 0.360. The lowest BCUT2D eigenvalue weighted by molar-refractivity contribution is -0.118. The summed E-state index contributed by atoms with van der Waals surface area (Å²) in [4.78, 5) is 13.2. The minimum atomic E-state index is -3.09. The molecule has 0 aliphatic heterocycles. The van der Waals surface area contributed by atoms with Gasteiger partial charge in [0.25, 0.3) is 0 Å². The van der Waals surface area contributed by atoms with E-state index in [0.29, 0.717) is 29.6 Å². The number of halogens is 1. The number of carbonyl (C=O) groups is 1. The molecule has 96 valence electrons. The third-order valence-electron chi connectivity index (χ3n) is 1.64. The number of amides is 1. The van der Waals surface area contributed by atoms with E-state index < -0.39 is 10.5 Å². The van der Waals surface area contributed by atoms with Crippen molar-refractivity contribution in [2.45, 2.75) is 11.2 Å². The van der Waals surface area contributed by atoms with Gasteiger partial charge in [-0.25, -0.2) is 0 Å². The summed E-state index contributed by atoms with van der Waals surface area (Å²) in [5.74, 6) is -0.360. The van der Waals surface area contributed by atoms with E-state index in [1.165, 1.54) is 0 Å². The Kier molecular flexibility index (Phi) is 8.35. The topological polar surface area (TPSA) is 101 Å². The Balaban J connectivity index is 4.19. The van der Waals surface area contributed by atoms with Crippen molar-refractivity contribution in [3.63, 3.8) is 0 Å². The summed E-state index contributed by atoms with van der Waals surface area (Å²) in [5.41, 5.74) is -3.09. The maximum atomic E-state index is 11.7. The van der Waals surface area contributed by atoms with Crippen LogP contribution in [0.1, 0.15) is 6.42 Å². The number of carbonyl (C=O) groups excluding carboxylic acids is 1. The van der Waals surface area contributed by atoms with Gasteiger partial charge in [-0.3, -0.25) is 24.7 Å². The Morgan fingerprint density at radius 1 is 1.50 bits per heavy atom. The molecule has 5 N–H and O–H groups in total. The van der Waals surface area contributed by atoms with Crippen molar-refractivity contribution in [3.05, 3.63) is 0 Å². The quantitative estimate of drug-likeness (QED) is 0.359. The first kappa shape index (κ1) is 16.8. The first-order valence-corrected chi connectivity index (χ1v) is 9.91. The van der Waals surface area contributed by atoms with Crippen molar-refractivity contribution < 1.29 is 9.36 Å². The van der Waals surface area contributed by atoms with E-state index in [2.05, 4.69) is 21.0 Å². The molecule has 1 amide bonds. The predicted octanol–water partition coefficient (Wildman–Crippen LogP) is 1.14. The Morgan fingerprint density at radius 2 is 2.00 bits per heavy atom. The van der Waals surface area contributed by atoms with Crippen LogP contribution in [0.2, 0.25) is 0 Å². The Hall–Kier alpha value is 0.760. The second-order valence-corrected chi connectivity index (χ2v) is 11.0. The molecular weight excluding hydrogens is 335 g/mol. The molecule has 1 unspecified atom stereocenters. The smallest absolute Gasteiger partial charge is 0.308 e. The molecule has 0 rings (SSSR count). The van der Waals surface area contributed by atoms with E-state index in [0.717, 1.165) is 6.54 Å². The number of nitrogens with two attached hydrogens (primary N) is 2. The number of hydrogen-bond acceptors (Lipinski definition) is 7. The van der Waals surface area contributed by atoms with Crippen LogP contribution in [0.25, 0.3) is 0 Å². The van der Waals surface area contributed by atoms with Crippen molar-refractivity contribution >= 4 is 50.7 Å². The predicted molar refractivity (Wildman–Crippen MR) is 75.2 cm³/mol. The zero-order valence-corrected chi connectivity index (χ0v) is 13.2. The van der Waals surface area contributed by atoms with Crippen LogP contribution in [0, 0.1) is 0 Å². The van der Waals surface area contributed by atoms with E-state index in [-0.39, 0.29) is 5.91 Å². The molecular formula is C6H16BrN4O2PS2. The van der Waals surface area contributed by atoms with Crippen LogP contribution in [0.5, 0.6) is 0 Å². The lowest BCUT2D eigenvalue weighted by atomic mass is 10.3. The highest BCUT2D eigenvalue weighted by Gasteiger charge is 2.27. The van der Waals surface area contributed by atoms with Crippen LogP contribution in [0.3, 0.4) is 0 Å². The molecule has 0 fully saturated rings. The highest BCUT2D eigenvalue weighted by atomic mass is 79.9. The lowest BCUT2D eigenvalue weighted by Gasteiger charge is -2.17. The summed E-state index contributed by atoms with van der Waals surface area (Å²) in [7, 11) is 3.82. The van der Waals surface area contributed by atoms with Gasteiger partial charge in [-0.05, 0) is 27.1 Å². The standard InChI is InChI=1S/C6H16BrN4O2PS2/c1-11(2)4-3-5(7)6(12)10-14(13,15-8)16-9/h5H,3-4,8-9H2,1-2H3,(H,10,12,13). The monoisotopic (exact) mass is 350 g/mol. The third kappa shape index (κ3) is 6.48. The summed E-state index contributed by atoms with van der Waals surface area (Å²) in [6.45, 7) is 0.749. The number of nitrogens with zero attached hydrogens (tertiary/aromatic N) is 1. The van der Waals surface area contributed by atoms with Crippen LogP contribution in [-0.2, 0) is 9.36 Å². The summed E-state index contributed by atoms with van der Waals surface area (Å²) in [5, 5.41) is 12.7. The van der Waals surface area contributed by atoms with Gasteiger partial charge >= 0.3 is 5.70 Å². The zero-order valence-electron chi connectivity index (χ0n) is 9.05. The number of rotatable bonds is 7. The highest BCUT2D eigenvalue weighted by molar-refractivity contribution is 9.10. The van der Waals surface area contributed by atoms with Gasteiger partial charge in [0.15, 0.2) is 0 Å². The molecule has 0 aromatic rings. The SMILES string of the molecule is CN(C)CCC(Br)C(=O)NP(=O)(SN)SN. The van der Waals surface area contributed by atoms with Gasteiger partial charge in [0, 0.05) is 23.1 Å². The van der Waals surface area contributed by atoms with E-state index in [9.17, 15) is 9.36 Å². The number of nitrogens with one attached hydrogen (secondary N) is 1. The summed E-state index contributed by atoms with van der Waals surface area (Å²) in [6.07, 6.45) is 0.614. The summed E-state index contributed by atoms with van der Waals surface area (Å²) < 4.78 is 11.7. The fourth-order valence-corrected chi connectivity index (χ4v) is 3.31. The van der Waals surface area contributed by atoms with Crippen molar-refractivity contribution in [3.8, 4) is 0 Å². The van der Waals surface area contributed by atoms with E-state index in [4.69, 9.17) is 10.3 Å². The molecule has 0 radical (unpaired) electrons. The van der Waals surface area contributed by atoms with Crippen molar-refractivity contribution in [1.29, 1.82) is 0 Å². The molecule has 0 saturated carbocycles. The zero-order chi connectivity index (χ0) is 12.8. The van der Waals surface area contributed by atoms with Gasteiger partial charge in [-0.2, -0.15) is 0 Å². The third-order valence-corrected chi connectivity index (χ3v) is 7.32. The van der Waals surface area contributed by atoms with Gasteiger partial charge in [-0.15, -0.1) is 0 Å². The summed E-state index contributed by atoms with van der Waals surface area (Å²) in [6, 6.07) is 0. The second kappa shape index (κ2) is 7.97. The molecule has 6 nitrogen and oxygen atoms in total. The molecule has 0 aromatic heterocycles. The van der Waals surface area contributed by atoms with Crippen LogP contribution in [0.4, 0.5) is 0 Å². The van der Waals surface area contributed by atoms with Crippen molar-refractivity contribution in [2.24, 2.45) is 10.3 Å². The van der Waals surface area contributed by atoms with Gasteiger partial charge in [0.2, 0.25) is 5.91 Å². The lowest BCUT2D eigenvalue weighted by Crippen LogP contribution is -2.30. The van der Waals surface area contributed by atoms with Gasteiger partial charge in [-0.1, -0.05) is 15.9 Å². The van der Waals surface area contributed by atoms with Crippen LogP contribution in [0.15, 0.2) is 0 Å². The fourth-order valence-electron chi connectivity index (χ4n) is 0.785. The molecule has 0 saturated heterocycles. The molecule has 0 aliphatic carbocycles. The minimum Gasteiger partial charge on any atom is -0.309 e. The number of hydrogen-bond donors (Lipinski definition) is 3. The summed E-state index contributed by atoms with van der Waals surface area (Å²) >= 11 is 4.37. The van der Waals surface area contributed by atoms with Gasteiger partial charge in [0.05, 0.1) is 4.83 Å². The maximum Gasteiger partial charge on any atom is 0.308 e. The Morgan fingerprint density at radius 3 is 2.38 bits per heavy atom. The Bertz CT molecular complexity index is 273. The first-order valence-electron chi connectivity index (χ1n) is 4.32. The van der Waals surface area contributed by atoms with Crippen LogP contribution >= 0.6 is 44.8 Å². The first-order chi connectivity index (χ1) is 7.34. The molecule has 0 aromatic carbocycles. The highest BCUT2D eigenvalue weighted by Crippen LogP contribution is 2.60. The van der Waals surface area contributed by atoms with E-state index in [1.54, 1.807) is 0 Å². The van der Waals surface area contributed by atoms with Crippen molar-refractivity contribution in [1.82, 2.24) is 9.99 Å². The molecule has 10 heteroatoms. The molecule has 0 heterocycles. The normalized spacial score (nSPS) is 13.9. The average molecular weight is 351 g/mol.